The summed E-state index contributed by atoms with van der Waals surface area (Å²) in [5.41, 5.74) is 1.00. The molecular formula is C15H23N3O3. The standard InChI is InChI=1S/C15H23N3O3/c1-3-16-10-14(19)18-13(11-21-2)15(20)17-9-12-7-5-4-6-8-12/h4-8,13,16H,3,9-11H2,1-2H3,(H,17,20)(H,18,19)/t13-/m0/s1. The monoisotopic (exact) mass is 293 g/mol. The van der Waals surface area contributed by atoms with Crippen LogP contribution in [0.15, 0.2) is 30.3 Å². The first-order valence-corrected chi connectivity index (χ1v) is 6.98. The van der Waals surface area contributed by atoms with Crippen LogP contribution >= 0.6 is 0 Å². The zero-order valence-corrected chi connectivity index (χ0v) is 12.5. The fourth-order valence-corrected chi connectivity index (χ4v) is 1.74. The largest absolute Gasteiger partial charge is 0.382 e. The number of rotatable bonds is 9. The van der Waals surface area contributed by atoms with Crippen molar-refractivity contribution in [2.75, 3.05) is 26.8 Å². The molecule has 6 heteroatoms. The van der Waals surface area contributed by atoms with Gasteiger partial charge in [-0.05, 0) is 12.1 Å². The summed E-state index contributed by atoms with van der Waals surface area (Å²) >= 11 is 0. The molecule has 1 aromatic rings. The van der Waals surface area contributed by atoms with Crippen LogP contribution in [0, 0.1) is 0 Å². The Bertz CT molecular complexity index is 437. The van der Waals surface area contributed by atoms with Gasteiger partial charge < -0.3 is 20.7 Å². The summed E-state index contributed by atoms with van der Waals surface area (Å²) in [4.78, 5) is 23.7. The molecule has 21 heavy (non-hydrogen) atoms. The van der Waals surface area contributed by atoms with Crippen molar-refractivity contribution in [3.63, 3.8) is 0 Å². The molecule has 116 valence electrons. The summed E-state index contributed by atoms with van der Waals surface area (Å²) in [6.07, 6.45) is 0. The molecule has 3 N–H and O–H groups in total. The first-order valence-electron chi connectivity index (χ1n) is 6.98. The molecule has 0 unspecified atom stereocenters. The zero-order valence-electron chi connectivity index (χ0n) is 12.5. The molecular weight excluding hydrogens is 270 g/mol. The Morgan fingerprint density at radius 3 is 2.57 bits per heavy atom. The second-order valence-corrected chi connectivity index (χ2v) is 4.56. The van der Waals surface area contributed by atoms with Gasteiger partial charge in [-0.1, -0.05) is 37.3 Å². The van der Waals surface area contributed by atoms with Crippen molar-refractivity contribution in [3.8, 4) is 0 Å². The number of carbonyl (C=O) groups is 2. The predicted molar refractivity (Wildman–Crippen MR) is 80.6 cm³/mol. The highest BCUT2D eigenvalue weighted by Crippen LogP contribution is 1.97. The molecule has 0 aliphatic carbocycles. The van der Waals surface area contributed by atoms with Gasteiger partial charge in [0.25, 0.3) is 0 Å². The van der Waals surface area contributed by atoms with E-state index in [1.54, 1.807) is 0 Å². The highest BCUT2D eigenvalue weighted by molar-refractivity contribution is 5.88. The highest BCUT2D eigenvalue weighted by atomic mass is 16.5. The van der Waals surface area contributed by atoms with Crippen LogP contribution in [0.4, 0.5) is 0 Å². The topological polar surface area (TPSA) is 79.5 Å². The third kappa shape index (κ3) is 6.87. The van der Waals surface area contributed by atoms with Crippen LogP contribution < -0.4 is 16.0 Å². The maximum absolute atomic E-state index is 12.1. The zero-order chi connectivity index (χ0) is 15.5. The van der Waals surface area contributed by atoms with E-state index < -0.39 is 6.04 Å². The van der Waals surface area contributed by atoms with Crippen molar-refractivity contribution in [2.24, 2.45) is 0 Å². The smallest absolute Gasteiger partial charge is 0.245 e. The number of nitrogens with one attached hydrogen (secondary N) is 3. The number of benzene rings is 1. The lowest BCUT2D eigenvalue weighted by molar-refractivity contribution is -0.130. The first kappa shape index (κ1) is 17.1. The third-order valence-corrected chi connectivity index (χ3v) is 2.83. The minimum absolute atomic E-state index is 0.137. The lowest BCUT2D eigenvalue weighted by Gasteiger charge is -2.17. The van der Waals surface area contributed by atoms with Crippen LogP contribution in [-0.2, 0) is 20.9 Å². The summed E-state index contributed by atoms with van der Waals surface area (Å²) < 4.78 is 4.99. The van der Waals surface area contributed by atoms with Crippen molar-refractivity contribution in [2.45, 2.75) is 19.5 Å². The molecule has 0 spiro atoms. The number of likely N-dealkylation sites (N-methyl/N-ethyl adjacent to an activating group) is 1. The Morgan fingerprint density at radius 1 is 1.24 bits per heavy atom. The quantitative estimate of drug-likeness (QED) is 0.601. The molecule has 0 aliphatic rings. The van der Waals surface area contributed by atoms with E-state index >= 15 is 0 Å². The molecule has 6 nitrogen and oxygen atoms in total. The number of methoxy groups -OCH3 is 1. The van der Waals surface area contributed by atoms with E-state index in [2.05, 4.69) is 16.0 Å². The molecule has 0 fully saturated rings. The van der Waals surface area contributed by atoms with Gasteiger partial charge >= 0.3 is 0 Å². The highest BCUT2D eigenvalue weighted by Gasteiger charge is 2.20. The Labute approximate surface area is 125 Å². The van der Waals surface area contributed by atoms with Gasteiger partial charge in [0, 0.05) is 13.7 Å². The Balaban J connectivity index is 2.46. The Morgan fingerprint density at radius 2 is 1.95 bits per heavy atom. The molecule has 2 amide bonds. The fourth-order valence-electron chi connectivity index (χ4n) is 1.74. The lowest BCUT2D eigenvalue weighted by atomic mass is 10.2. The third-order valence-electron chi connectivity index (χ3n) is 2.83. The average molecular weight is 293 g/mol. The molecule has 0 saturated carbocycles. The van der Waals surface area contributed by atoms with Gasteiger partial charge in [-0.25, -0.2) is 0 Å². The molecule has 0 radical (unpaired) electrons. The molecule has 0 aromatic heterocycles. The van der Waals surface area contributed by atoms with Crippen molar-refractivity contribution in [3.05, 3.63) is 35.9 Å². The maximum Gasteiger partial charge on any atom is 0.245 e. The van der Waals surface area contributed by atoms with Crippen molar-refractivity contribution >= 4 is 11.8 Å². The van der Waals surface area contributed by atoms with Gasteiger partial charge in [0.1, 0.15) is 6.04 Å². The van der Waals surface area contributed by atoms with Crippen molar-refractivity contribution in [1.29, 1.82) is 0 Å². The molecule has 0 bridgehead atoms. The van der Waals surface area contributed by atoms with Crippen LogP contribution in [0.2, 0.25) is 0 Å². The number of hydrogen-bond acceptors (Lipinski definition) is 4. The lowest BCUT2D eigenvalue weighted by Crippen LogP contribution is -2.51. The second kappa shape index (κ2) is 9.90. The summed E-state index contributed by atoms with van der Waals surface area (Å²) in [5.74, 6) is -0.487. The van der Waals surface area contributed by atoms with Gasteiger partial charge in [-0.3, -0.25) is 9.59 Å². The van der Waals surface area contributed by atoms with E-state index in [1.165, 1.54) is 7.11 Å². The Hall–Kier alpha value is -1.92. The fraction of sp³-hybridized carbons (Fsp3) is 0.467. The minimum atomic E-state index is -0.690. The first-order chi connectivity index (χ1) is 10.2. The summed E-state index contributed by atoms with van der Waals surface area (Å²) in [6.45, 7) is 3.35. The number of hydrogen-bond donors (Lipinski definition) is 3. The number of ether oxygens (including phenoxy) is 1. The van der Waals surface area contributed by atoms with Gasteiger partial charge in [0.05, 0.1) is 13.2 Å². The van der Waals surface area contributed by atoms with Crippen molar-refractivity contribution in [1.82, 2.24) is 16.0 Å². The predicted octanol–water partition coefficient (Wildman–Crippen LogP) is 0.0435. The van der Waals surface area contributed by atoms with E-state index in [4.69, 9.17) is 4.74 Å². The molecule has 1 rings (SSSR count). The van der Waals surface area contributed by atoms with Crippen LogP contribution in [0.3, 0.4) is 0 Å². The second-order valence-electron chi connectivity index (χ2n) is 4.56. The SMILES string of the molecule is CCNCC(=O)N[C@@H](COC)C(=O)NCc1ccccc1. The van der Waals surface area contributed by atoms with Crippen LogP contribution in [0.5, 0.6) is 0 Å². The normalized spacial score (nSPS) is 11.7. The number of carbonyl (C=O) groups excluding carboxylic acids is 2. The van der Waals surface area contributed by atoms with E-state index in [1.807, 2.05) is 37.3 Å². The van der Waals surface area contributed by atoms with Gasteiger partial charge in [0.15, 0.2) is 0 Å². The van der Waals surface area contributed by atoms with Crippen LogP contribution in [-0.4, -0.2) is 44.7 Å². The molecule has 0 aliphatic heterocycles. The average Bonchev–Trinajstić information content (AvgIpc) is 2.51. The molecule has 0 heterocycles. The van der Waals surface area contributed by atoms with E-state index in [0.717, 1.165) is 5.56 Å². The van der Waals surface area contributed by atoms with Crippen LogP contribution in [0.1, 0.15) is 12.5 Å². The van der Waals surface area contributed by atoms with Gasteiger partial charge in [-0.15, -0.1) is 0 Å². The summed E-state index contributed by atoms with van der Waals surface area (Å²) in [7, 11) is 1.49. The minimum Gasteiger partial charge on any atom is -0.382 e. The summed E-state index contributed by atoms with van der Waals surface area (Å²) in [5, 5.41) is 8.35. The van der Waals surface area contributed by atoms with Crippen LogP contribution in [0.25, 0.3) is 0 Å². The van der Waals surface area contributed by atoms with E-state index in [0.29, 0.717) is 13.1 Å². The van der Waals surface area contributed by atoms with E-state index in [9.17, 15) is 9.59 Å². The van der Waals surface area contributed by atoms with Gasteiger partial charge in [-0.2, -0.15) is 0 Å². The van der Waals surface area contributed by atoms with E-state index in [-0.39, 0.29) is 25.0 Å². The number of amides is 2. The summed E-state index contributed by atoms with van der Waals surface area (Å²) in [6, 6.07) is 8.90. The maximum atomic E-state index is 12.1. The van der Waals surface area contributed by atoms with Gasteiger partial charge in [0.2, 0.25) is 11.8 Å². The Kier molecular flexibility index (Phi) is 8.08. The molecule has 1 atom stereocenters. The molecule has 0 saturated heterocycles. The van der Waals surface area contributed by atoms with Crippen molar-refractivity contribution < 1.29 is 14.3 Å². The molecule has 1 aromatic carbocycles.